The Morgan fingerprint density at radius 1 is 1.53 bits per heavy atom. The molecule has 15 heavy (non-hydrogen) atoms. The molecule has 0 aliphatic carbocycles. The van der Waals surface area contributed by atoms with E-state index in [2.05, 4.69) is 10.1 Å². The second-order valence-electron chi connectivity index (χ2n) is 2.95. The minimum absolute atomic E-state index is 0.0824. The van der Waals surface area contributed by atoms with Crippen molar-refractivity contribution in [1.29, 1.82) is 0 Å². The quantitative estimate of drug-likeness (QED) is 0.803. The third-order valence-corrected chi connectivity index (χ3v) is 2.68. The largest absolute Gasteiger partial charge is 0.465 e. The minimum Gasteiger partial charge on any atom is -0.465 e. The normalized spacial score (nSPS) is 9.73. The highest BCUT2D eigenvalue weighted by atomic mass is 32.1. The number of amides is 1. The van der Waals surface area contributed by atoms with Crippen LogP contribution in [0.15, 0.2) is 11.4 Å². The number of anilines is 1. The molecule has 0 unspecified atom stereocenters. The molecule has 0 atom stereocenters. The number of hydrogen-bond donors (Lipinski definition) is 1. The number of thiophene rings is 1. The zero-order chi connectivity index (χ0) is 11.3. The van der Waals surface area contributed by atoms with Crippen molar-refractivity contribution >= 4 is 28.9 Å². The number of methoxy groups -OCH3 is 1. The van der Waals surface area contributed by atoms with Crippen LogP contribution in [0.5, 0.6) is 0 Å². The molecular weight excluding hydrogens is 214 g/mol. The Hall–Kier alpha value is -1.36. The molecule has 0 aliphatic rings. The van der Waals surface area contributed by atoms with E-state index in [1.807, 2.05) is 6.92 Å². The number of carbonyl (C=O) groups excluding carboxylic acids is 2. The van der Waals surface area contributed by atoms with E-state index in [-0.39, 0.29) is 5.91 Å². The predicted octanol–water partition coefficient (Wildman–Crippen LogP) is 2.27. The molecule has 1 heterocycles. The molecule has 0 spiro atoms. The van der Waals surface area contributed by atoms with Gasteiger partial charge in [-0.15, -0.1) is 11.3 Å². The smallest absolute Gasteiger partial charge is 0.350 e. The Balaban J connectivity index is 2.73. The third-order valence-electron chi connectivity index (χ3n) is 1.79. The van der Waals surface area contributed by atoms with Gasteiger partial charge in [0.15, 0.2) is 0 Å². The first-order chi connectivity index (χ1) is 7.19. The molecule has 0 bridgehead atoms. The summed E-state index contributed by atoms with van der Waals surface area (Å²) in [5.41, 5.74) is 0.533. The fourth-order valence-corrected chi connectivity index (χ4v) is 1.86. The zero-order valence-corrected chi connectivity index (χ0v) is 9.52. The average Bonchev–Trinajstić information content (AvgIpc) is 2.65. The lowest BCUT2D eigenvalue weighted by Crippen LogP contribution is -2.12. The maximum Gasteiger partial charge on any atom is 0.350 e. The first-order valence-electron chi connectivity index (χ1n) is 4.64. The van der Waals surface area contributed by atoms with Gasteiger partial charge in [-0.2, -0.15) is 0 Å². The monoisotopic (exact) mass is 227 g/mol. The maximum atomic E-state index is 11.3. The van der Waals surface area contributed by atoms with Crippen molar-refractivity contribution in [1.82, 2.24) is 0 Å². The summed E-state index contributed by atoms with van der Waals surface area (Å²) in [5.74, 6) is -0.502. The molecular formula is C10H13NO3S. The second-order valence-corrected chi connectivity index (χ2v) is 3.87. The number of carbonyl (C=O) groups is 2. The maximum absolute atomic E-state index is 11.3. The molecule has 5 heteroatoms. The van der Waals surface area contributed by atoms with Gasteiger partial charge in [-0.25, -0.2) is 4.79 Å². The van der Waals surface area contributed by atoms with Gasteiger partial charge in [0.25, 0.3) is 0 Å². The van der Waals surface area contributed by atoms with E-state index < -0.39 is 5.97 Å². The lowest BCUT2D eigenvalue weighted by molar-refractivity contribution is -0.116. The number of esters is 1. The molecule has 1 aromatic rings. The van der Waals surface area contributed by atoms with Crippen molar-refractivity contribution < 1.29 is 14.3 Å². The van der Waals surface area contributed by atoms with Crippen molar-refractivity contribution in [3.8, 4) is 0 Å². The summed E-state index contributed by atoms with van der Waals surface area (Å²) in [5, 5.41) is 4.42. The first-order valence-corrected chi connectivity index (χ1v) is 5.52. The molecule has 82 valence electrons. The predicted molar refractivity (Wildman–Crippen MR) is 59.2 cm³/mol. The van der Waals surface area contributed by atoms with E-state index in [1.165, 1.54) is 18.4 Å². The summed E-state index contributed by atoms with van der Waals surface area (Å²) in [4.78, 5) is 23.0. The van der Waals surface area contributed by atoms with Crippen LogP contribution in [-0.4, -0.2) is 19.0 Å². The number of rotatable bonds is 4. The van der Waals surface area contributed by atoms with Crippen LogP contribution in [0.4, 0.5) is 5.69 Å². The van der Waals surface area contributed by atoms with Crippen LogP contribution in [-0.2, 0) is 9.53 Å². The molecule has 0 saturated carbocycles. The minimum atomic E-state index is -0.420. The van der Waals surface area contributed by atoms with Crippen LogP contribution < -0.4 is 5.32 Å². The van der Waals surface area contributed by atoms with Crippen LogP contribution in [0.1, 0.15) is 29.4 Å². The fourth-order valence-electron chi connectivity index (χ4n) is 1.10. The Kier molecular flexibility index (Phi) is 4.30. The molecule has 0 saturated heterocycles. The van der Waals surface area contributed by atoms with Crippen LogP contribution in [0.2, 0.25) is 0 Å². The molecule has 0 fully saturated rings. The van der Waals surface area contributed by atoms with E-state index in [9.17, 15) is 9.59 Å². The molecule has 0 aliphatic heterocycles. The van der Waals surface area contributed by atoms with Crippen LogP contribution >= 0.6 is 11.3 Å². The second kappa shape index (κ2) is 5.50. The third kappa shape index (κ3) is 3.06. The van der Waals surface area contributed by atoms with Crippen molar-refractivity contribution in [2.24, 2.45) is 0 Å². The van der Waals surface area contributed by atoms with Gasteiger partial charge in [0.1, 0.15) is 4.88 Å². The van der Waals surface area contributed by atoms with Crippen LogP contribution in [0, 0.1) is 0 Å². The van der Waals surface area contributed by atoms with E-state index in [0.717, 1.165) is 6.42 Å². The summed E-state index contributed by atoms with van der Waals surface area (Å²) in [6, 6.07) is 1.70. The van der Waals surface area contributed by atoms with Gasteiger partial charge < -0.3 is 10.1 Å². The van der Waals surface area contributed by atoms with Gasteiger partial charge in [0.05, 0.1) is 12.8 Å². The standard InChI is InChI=1S/C10H13NO3S/c1-3-4-8(12)11-7-5-6-15-9(7)10(13)14-2/h5-6H,3-4H2,1-2H3,(H,11,12). The lowest BCUT2D eigenvalue weighted by Gasteiger charge is -2.03. The summed E-state index contributed by atoms with van der Waals surface area (Å²) in [6.45, 7) is 1.93. The molecule has 1 amide bonds. The van der Waals surface area contributed by atoms with Gasteiger partial charge in [-0.1, -0.05) is 6.92 Å². The van der Waals surface area contributed by atoms with E-state index >= 15 is 0 Å². The molecule has 4 nitrogen and oxygen atoms in total. The van der Waals surface area contributed by atoms with E-state index in [1.54, 1.807) is 11.4 Å². The summed E-state index contributed by atoms with van der Waals surface area (Å²) < 4.78 is 4.60. The Labute approximate surface area is 92.2 Å². The zero-order valence-electron chi connectivity index (χ0n) is 8.70. The van der Waals surface area contributed by atoms with Gasteiger partial charge in [0, 0.05) is 6.42 Å². The number of ether oxygens (including phenoxy) is 1. The topological polar surface area (TPSA) is 55.4 Å². The molecule has 1 N–H and O–H groups in total. The molecule has 1 aromatic heterocycles. The fraction of sp³-hybridized carbons (Fsp3) is 0.400. The first kappa shape index (κ1) is 11.7. The van der Waals surface area contributed by atoms with Gasteiger partial charge in [-0.05, 0) is 17.9 Å². The highest BCUT2D eigenvalue weighted by molar-refractivity contribution is 7.12. The van der Waals surface area contributed by atoms with E-state index in [4.69, 9.17) is 0 Å². The Morgan fingerprint density at radius 2 is 2.27 bits per heavy atom. The highest BCUT2D eigenvalue weighted by Crippen LogP contribution is 2.23. The number of nitrogens with one attached hydrogen (secondary N) is 1. The molecule has 1 rings (SSSR count). The van der Waals surface area contributed by atoms with Crippen molar-refractivity contribution in [3.05, 3.63) is 16.3 Å². The Morgan fingerprint density at radius 3 is 2.87 bits per heavy atom. The van der Waals surface area contributed by atoms with Crippen LogP contribution in [0.3, 0.4) is 0 Å². The summed E-state index contributed by atoms with van der Waals surface area (Å²) in [7, 11) is 1.32. The average molecular weight is 227 g/mol. The SMILES string of the molecule is CCCC(=O)Nc1ccsc1C(=O)OC. The lowest BCUT2D eigenvalue weighted by atomic mass is 10.3. The van der Waals surface area contributed by atoms with Crippen molar-refractivity contribution in [3.63, 3.8) is 0 Å². The van der Waals surface area contributed by atoms with Gasteiger partial charge >= 0.3 is 5.97 Å². The van der Waals surface area contributed by atoms with Gasteiger partial charge in [-0.3, -0.25) is 4.79 Å². The molecule has 0 radical (unpaired) electrons. The van der Waals surface area contributed by atoms with E-state index in [0.29, 0.717) is 17.0 Å². The number of hydrogen-bond acceptors (Lipinski definition) is 4. The highest BCUT2D eigenvalue weighted by Gasteiger charge is 2.14. The van der Waals surface area contributed by atoms with Gasteiger partial charge in [0.2, 0.25) is 5.91 Å². The van der Waals surface area contributed by atoms with Crippen molar-refractivity contribution in [2.75, 3.05) is 12.4 Å². The van der Waals surface area contributed by atoms with Crippen molar-refractivity contribution in [2.45, 2.75) is 19.8 Å². The summed E-state index contributed by atoms with van der Waals surface area (Å²) >= 11 is 1.25. The molecule has 0 aromatic carbocycles. The van der Waals surface area contributed by atoms with Crippen LogP contribution in [0.25, 0.3) is 0 Å². The summed E-state index contributed by atoms with van der Waals surface area (Å²) in [6.07, 6.45) is 1.24. The Bertz CT molecular complexity index is 359.